The second kappa shape index (κ2) is 2.60. The minimum atomic E-state index is -0.878. The van der Waals surface area contributed by atoms with E-state index in [0.29, 0.717) is 5.56 Å². The molecule has 2 nitrogen and oxygen atoms in total. The first-order valence-corrected chi connectivity index (χ1v) is 4.22. The molecule has 2 rings (SSSR count). The van der Waals surface area contributed by atoms with E-state index in [1.165, 1.54) is 11.3 Å². The van der Waals surface area contributed by atoms with Gasteiger partial charge in [-0.2, -0.15) is 0 Å². The van der Waals surface area contributed by atoms with Crippen molar-refractivity contribution in [3.63, 3.8) is 0 Å². The van der Waals surface area contributed by atoms with Crippen molar-refractivity contribution >= 4 is 27.4 Å². The minimum absolute atomic E-state index is 0.360. The van der Waals surface area contributed by atoms with E-state index in [2.05, 4.69) is 5.38 Å². The van der Waals surface area contributed by atoms with Crippen LogP contribution in [0.3, 0.4) is 0 Å². The van der Waals surface area contributed by atoms with E-state index in [9.17, 15) is 4.79 Å². The van der Waals surface area contributed by atoms with Gasteiger partial charge in [0, 0.05) is 10.1 Å². The van der Waals surface area contributed by atoms with E-state index >= 15 is 0 Å². The third-order valence-electron chi connectivity index (χ3n) is 1.65. The summed E-state index contributed by atoms with van der Waals surface area (Å²) in [7, 11) is 0. The maximum Gasteiger partial charge on any atom is 0.337 e. The molecule has 0 aliphatic carbocycles. The number of aromatic carboxylic acids is 1. The van der Waals surface area contributed by atoms with Crippen LogP contribution >= 0.6 is 11.3 Å². The van der Waals surface area contributed by atoms with Crippen LogP contribution in [0.15, 0.2) is 24.3 Å². The first kappa shape index (κ1) is 7.31. The molecule has 0 bridgehead atoms. The first-order chi connectivity index (χ1) is 5.79. The minimum Gasteiger partial charge on any atom is -0.478 e. The number of thiophene rings is 1. The molecule has 1 heterocycles. The quantitative estimate of drug-likeness (QED) is 0.726. The molecule has 2 aromatic rings. The lowest BCUT2D eigenvalue weighted by Gasteiger charge is -1.94. The molecule has 0 spiro atoms. The molecule has 1 radical (unpaired) electrons. The highest BCUT2D eigenvalue weighted by Gasteiger charge is 2.07. The molecule has 1 aromatic heterocycles. The number of carboxylic acids is 1. The summed E-state index contributed by atoms with van der Waals surface area (Å²) in [6, 6.07) is 7.03. The number of rotatable bonds is 1. The Kier molecular flexibility index (Phi) is 1.59. The SMILES string of the molecule is O=C(O)c1cccc2c[c]sc12. The van der Waals surface area contributed by atoms with Crippen LogP contribution in [-0.4, -0.2) is 11.1 Å². The van der Waals surface area contributed by atoms with Gasteiger partial charge in [-0.3, -0.25) is 0 Å². The summed E-state index contributed by atoms with van der Waals surface area (Å²) in [4.78, 5) is 10.7. The van der Waals surface area contributed by atoms with E-state index in [1.807, 2.05) is 6.07 Å². The maximum absolute atomic E-state index is 10.7. The van der Waals surface area contributed by atoms with Crippen molar-refractivity contribution in [2.24, 2.45) is 0 Å². The molecule has 0 aliphatic rings. The molecule has 0 aliphatic heterocycles. The summed E-state index contributed by atoms with van der Waals surface area (Å²) in [6.45, 7) is 0. The van der Waals surface area contributed by atoms with Gasteiger partial charge in [-0.15, -0.1) is 11.3 Å². The topological polar surface area (TPSA) is 37.3 Å². The number of carbonyl (C=O) groups is 1. The Hall–Kier alpha value is -1.35. The van der Waals surface area contributed by atoms with Crippen molar-refractivity contribution in [2.75, 3.05) is 0 Å². The molecule has 0 saturated carbocycles. The smallest absolute Gasteiger partial charge is 0.337 e. The van der Waals surface area contributed by atoms with E-state index in [-0.39, 0.29) is 0 Å². The van der Waals surface area contributed by atoms with Gasteiger partial charge in [0.1, 0.15) is 0 Å². The summed E-state index contributed by atoms with van der Waals surface area (Å²) in [5, 5.41) is 12.6. The maximum atomic E-state index is 10.7. The van der Waals surface area contributed by atoms with Gasteiger partial charge in [0.15, 0.2) is 0 Å². The largest absolute Gasteiger partial charge is 0.478 e. The molecular formula is C9H5O2S. The lowest BCUT2D eigenvalue weighted by molar-refractivity contribution is 0.0699. The third-order valence-corrected chi connectivity index (χ3v) is 2.55. The van der Waals surface area contributed by atoms with Crippen LogP contribution in [0.5, 0.6) is 0 Å². The molecule has 0 saturated heterocycles. The molecule has 1 aromatic carbocycles. The zero-order valence-corrected chi connectivity index (χ0v) is 6.89. The second-order valence-electron chi connectivity index (χ2n) is 2.39. The van der Waals surface area contributed by atoms with Crippen molar-refractivity contribution in [1.82, 2.24) is 0 Å². The second-order valence-corrected chi connectivity index (χ2v) is 3.24. The van der Waals surface area contributed by atoms with Gasteiger partial charge >= 0.3 is 5.97 Å². The van der Waals surface area contributed by atoms with Crippen molar-refractivity contribution in [1.29, 1.82) is 0 Å². The molecule has 0 amide bonds. The van der Waals surface area contributed by atoms with Crippen LogP contribution in [0, 0.1) is 5.38 Å². The van der Waals surface area contributed by atoms with E-state index < -0.39 is 5.97 Å². The Labute approximate surface area is 73.1 Å². The Morgan fingerprint density at radius 3 is 3.08 bits per heavy atom. The standard InChI is InChI=1S/C9H5O2S/c10-9(11)7-3-1-2-6-4-5-12-8(6)7/h1-4H,(H,10,11). The summed E-state index contributed by atoms with van der Waals surface area (Å²) in [5.74, 6) is -0.878. The molecule has 0 atom stereocenters. The van der Waals surface area contributed by atoms with E-state index in [0.717, 1.165) is 10.1 Å². The molecular weight excluding hydrogens is 172 g/mol. The normalized spacial score (nSPS) is 10.3. The number of hydrogen-bond acceptors (Lipinski definition) is 2. The highest BCUT2D eigenvalue weighted by molar-refractivity contribution is 7.17. The number of hydrogen-bond donors (Lipinski definition) is 1. The van der Waals surface area contributed by atoms with Crippen molar-refractivity contribution in [3.8, 4) is 0 Å². The van der Waals surface area contributed by atoms with Crippen LogP contribution in [0.1, 0.15) is 10.4 Å². The van der Waals surface area contributed by atoms with Crippen molar-refractivity contribution in [3.05, 3.63) is 35.2 Å². The molecule has 1 N–H and O–H groups in total. The fourth-order valence-electron chi connectivity index (χ4n) is 1.10. The van der Waals surface area contributed by atoms with Gasteiger partial charge in [0.05, 0.1) is 5.56 Å². The molecule has 12 heavy (non-hydrogen) atoms. The van der Waals surface area contributed by atoms with Gasteiger partial charge in [-0.25, -0.2) is 4.79 Å². The lowest BCUT2D eigenvalue weighted by Crippen LogP contribution is -1.94. The summed E-state index contributed by atoms with van der Waals surface area (Å²) in [6.07, 6.45) is 0. The fourth-order valence-corrected chi connectivity index (χ4v) is 1.92. The predicted octanol–water partition coefficient (Wildman–Crippen LogP) is 2.40. The van der Waals surface area contributed by atoms with Crippen LogP contribution in [-0.2, 0) is 0 Å². The Morgan fingerprint density at radius 2 is 2.33 bits per heavy atom. The van der Waals surface area contributed by atoms with Gasteiger partial charge in [-0.1, -0.05) is 12.1 Å². The third kappa shape index (κ3) is 0.987. The molecule has 0 unspecified atom stereocenters. The molecule has 59 valence electrons. The zero-order chi connectivity index (χ0) is 8.55. The average molecular weight is 177 g/mol. The highest BCUT2D eigenvalue weighted by Crippen LogP contribution is 2.23. The van der Waals surface area contributed by atoms with Crippen molar-refractivity contribution in [2.45, 2.75) is 0 Å². The van der Waals surface area contributed by atoms with Gasteiger partial charge < -0.3 is 5.11 Å². The Morgan fingerprint density at radius 1 is 1.50 bits per heavy atom. The van der Waals surface area contributed by atoms with E-state index in [4.69, 9.17) is 5.11 Å². The lowest BCUT2D eigenvalue weighted by atomic mass is 10.2. The number of fused-ring (bicyclic) bond motifs is 1. The number of carboxylic acid groups (broad SMARTS) is 1. The molecule has 0 fully saturated rings. The zero-order valence-electron chi connectivity index (χ0n) is 6.07. The van der Waals surface area contributed by atoms with Crippen LogP contribution in [0.4, 0.5) is 0 Å². The first-order valence-electron chi connectivity index (χ1n) is 3.41. The Bertz CT molecular complexity index is 431. The van der Waals surface area contributed by atoms with Crippen molar-refractivity contribution < 1.29 is 9.90 Å². The summed E-state index contributed by atoms with van der Waals surface area (Å²) >= 11 is 1.34. The van der Waals surface area contributed by atoms with E-state index in [1.54, 1.807) is 18.2 Å². The predicted molar refractivity (Wildman–Crippen MR) is 47.6 cm³/mol. The monoisotopic (exact) mass is 177 g/mol. The fraction of sp³-hybridized carbons (Fsp3) is 0. The van der Waals surface area contributed by atoms with Gasteiger partial charge in [0.25, 0.3) is 0 Å². The van der Waals surface area contributed by atoms with Crippen LogP contribution in [0.2, 0.25) is 0 Å². The summed E-state index contributed by atoms with van der Waals surface area (Å²) in [5.41, 5.74) is 0.360. The van der Waals surface area contributed by atoms with Gasteiger partial charge in [-0.05, 0) is 17.5 Å². The average Bonchev–Trinajstić information content (AvgIpc) is 2.49. The highest BCUT2D eigenvalue weighted by atomic mass is 32.1. The van der Waals surface area contributed by atoms with Gasteiger partial charge in [0.2, 0.25) is 0 Å². The Balaban J connectivity index is 2.82. The van der Waals surface area contributed by atoms with Crippen LogP contribution in [0.25, 0.3) is 10.1 Å². The molecule has 3 heteroatoms. The summed E-state index contributed by atoms with van der Waals surface area (Å²) < 4.78 is 0.796. The number of benzene rings is 1. The van der Waals surface area contributed by atoms with Crippen LogP contribution < -0.4 is 0 Å².